The molecule has 0 spiro atoms. The summed E-state index contributed by atoms with van der Waals surface area (Å²) < 4.78 is 6.69. The highest BCUT2D eigenvalue weighted by Crippen LogP contribution is 2.28. The fraction of sp³-hybridized carbons (Fsp3) is 0.385. The summed E-state index contributed by atoms with van der Waals surface area (Å²) in [5, 5.41) is 20.7. The van der Waals surface area contributed by atoms with Crippen molar-refractivity contribution in [1.82, 2.24) is 9.55 Å². The molecule has 2 aromatic heterocycles. The second-order valence-electron chi connectivity index (χ2n) is 4.80. The molecule has 1 aliphatic rings. The smallest absolute Gasteiger partial charge is 0.330 e. The molecule has 0 radical (unpaired) electrons. The standard InChI is InChI=1S/C13H14N2O5S/c16-6-9-8(17)4-11(20-9)15-5-7(10-2-1-3-21-10)12(18)14-13(15)19/h1-3,5,8-9,11,16-17H,4,6H2,(H,14,18,19)/t8-,9+,11+/m1/s1. The van der Waals surface area contributed by atoms with Crippen molar-refractivity contribution in [3.8, 4) is 10.4 Å². The molecule has 1 saturated heterocycles. The fourth-order valence-electron chi connectivity index (χ4n) is 2.36. The number of hydrogen-bond donors (Lipinski definition) is 3. The van der Waals surface area contributed by atoms with E-state index in [9.17, 15) is 14.7 Å². The zero-order valence-corrected chi connectivity index (χ0v) is 11.7. The minimum Gasteiger partial charge on any atom is -0.394 e. The topological polar surface area (TPSA) is 105 Å². The second kappa shape index (κ2) is 5.57. The van der Waals surface area contributed by atoms with Crippen molar-refractivity contribution in [2.75, 3.05) is 6.61 Å². The Kier molecular flexibility index (Phi) is 3.77. The normalized spacial score (nSPS) is 25.3. The van der Waals surface area contributed by atoms with Crippen molar-refractivity contribution in [2.45, 2.75) is 24.9 Å². The summed E-state index contributed by atoms with van der Waals surface area (Å²) in [6, 6.07) is 3.59. The first-order valence-corrected chi connectivity index (χ1v) is 7.32. The van der Waals surface area contributed by atoms with Gasteiger partial charge in [-0.05, 0) is 11.4 Å². The summed E-state index contributed by atoms with van der Waals surface area (Å²) in [5.41, 5.74) is -0.692. The number of aliphatic hydroxyl groups excluding tert-OH is 2. The summed E-state index contributed by atoms with van der Waals surface area (Å²) in [7, 11) is 0. The monoisotopic (exact) mass is 310 g/mol. The molecule has 1 fully saturated rings. The Morgan fingerprint density at radius 1 is 1.48 bits per heavy atom. The molecule has 7 nitrogen and oxygen atoms in total. The van der Waals surface area contributed by atoms with Gasteiger partial charge in [0.05, 0.1) is 18.3 Å². The number of rotatable bonds is 3. The van der Waals surface area contributed by atoms with Crippen LogP contribution in [0.2, 0.25) is 0 Å². The van der Waals surface area contributed by atoms with Crippen LogP contribution in [-0.4, -0.2) is 38.6 Å². The van der Waals surface area contributed by atoms with Crippen LogP contribution < -0.4 is 11.2 Å². The van der Waals surface area contributed by atoms with Gasteiger partial charge in [-0.15, -0.1) is 11.3 Å². The second-order valence-corrected chi connectivity index (χ2v) is 5.75. The van der Waals surface area contributed by atoms with E-state index in [1.54, 1.807) is 6.07 Å². The zero-order valence-electron chi connectivity index (χ0n) is 10.9. The van der Waals surface area contributed by atoms with Crippen molar-refractivity contribution in [3.05, 3.63) is 44.5 Å². The maximum Gasteiger partial charge on any atom is 0.330 e. The summed E-state index contributed by atoms with van der Waals surface area (Å²) in [6.45, 7) is -0.326. The largest absolute Gasteiger partial charge is 0.394 e. The van der Waals surface area contributed by atoms with Gasteiger partial charge in [0.25, 0.3) is 5.56 Å². The van der Waals surface area contributed by atoms with Gasteiger partial charge in [-0.25, -0.2) is 4.79 Å². The van der Waals surface area contributed by atoms with Crippen molar-refractivity contribution in [2.24, 2.45) is 0 Å². The van der Waals surface area contributed by atoms with Gasteiger partial charge in [-0.1, -0.05) is 6.07 Å². The Balaban J connectivity index is 2.02. The van der Waals surface area contributed by atoms with E-state index in [-0.39, 0.29) is 13.0 Å². The molecule has 0 aromatic carbocycles. The Bertz CT molecular complexity index is 736. The molecule has 0 amide bonds. The van der Waals surface area contributed by atoms with Gasteiger partial charge in [0.15, 0.2) is 0 Å². The predicted molar refractivity (Wildman–Crippen MR) is 76.3 cm³/mol. The third-order valence-corrected chi connectivity index (χ3v) is 4.35. The van der Waals surface area contributed by atoms with E-state index >= 15 is 0 Å². The van der Waals surface area contributed by atoms with E-state index < -0.39 is 29.7 Å². The quantitative estimate of drug-likeness (QED) is 0.735. The van der Waals surface area contributed by atoms with Gasteiger partial charge in [0.1, 0.15) is 12.3 Å². The molecule has 8 heteroatoms. The van der Waals surface area contributed by atoms with Gasteiger partial charge in [-0.3, -0.25) is 14.3 Å². The van der Waals surface area contributed by atoms with Crippen LogP contribution in [0.4, 0.5) is 0 Å². The fourth-order valence-corrected chi connectivity index (χ4v) is 3.09. The van der Waals surface area contributed by atoms with Gasteiger partial charge < -0.3 is 14.9 Å². The summed E-state index contributed by atoms with van der Waals surface area (Å²) in [6.07, 6.45) is -0.659. The first-order chi connectivity index (χ1) is 10.1. The first-order valence-electron chi connectivity index (χ1n) is 6.44. The van der Waals surface area contributed by atoms with E-state index in [1.165, 1.54) is 22.1 Å². The number of nitrogens with one attached hydrogen (secondary N) is 1. The van der Waals surface area contributed by atoms with Crippen molar-refractivity contribution >= 4 is 11.3 Å². The molecule has 3 atom stereocenters. The Hall–Kier alpha value is -1.74. The summed E-state index contributed by atoms with van der Waals surface area (Å²) >= 11 is 1.39. The number of thiophene rings is 1. The number of ether oxygens (including phenoxy) is 1. The zero-order chi connectivity index (χ0) is 15.0. The molecular weight excluding hydrogens is 296 g/mol. The number of aromatic amines is 1. The third kappa shape index (κ3) is 2.58. The SMILES string of the molecule is O=c1[nH]c(=O)n([C@@H]2C[C@@H](O)[C@H](CO)O2)cc1-c1cccs1. The molecule has 112 valence electrons. The van der Waals surface area contributed by atoms with E-state index in [2.05, 4.69) is 4.98 Å². The maximum absolute atomic E-state index is 11.9. The van der Waals surface area contributed by atoms with Crippen LogP contribution in [-0.2, 0) is 4.74 Å². The average Bonchev–Trinajstić information content (AvgIpc) is 3.08. The van der Waals surface area contributed by atoms with Crippen molar-refractivity contribution < 1.29 is 14.9 Å². The highest BCUT2D eigenvalue weighted by Gasteiger charge is 2.35. The van der Waals surface area contributed by atoms with Gasteiger partial charge in [0.2, 0.25) is 0 Å². The minimum atomic E-state index is -0.844. The maximum atomic E-state index is 11.9. The van der Waals surface area contributed by atoms with E-state index in [1.807, 2.05) is 11.4 Å². The number of H-pyrrole nitrogens is 1. The molecule has 0 unspecified atom stereocenters. The lowest BCUT2D eigenvalue weighted by atomic mass is 10.2. The number of aromatic nitrogens is 2. The predicted octanol–water partition coefficient (Wildman–Crippen LogP) is -0.0942. The summed E-state index contributed by atoms with van der Waals surface area (Å²) in [4.78, 5) is 26.8. The molecule has 3 rings (SSSR count). The average molecular weight is 310 g/mol. The van der Waals surface area contributed by atoms with Crippen molar-refractivity contribution in [1.29, 1.82) is 0 Å². The van der Waals surface area contributed by atoms with Crippen LogP contribution in [0, 0.1) is 0 Å². The van der Waals surface area contributed by atoms with E-state index in [0.717, 1.165) is 4.88 Å². The molecule has 0 aliphatic carbocycles. The first kappa shape index (κ1) is 14.2. The molecular formula is C13H14N2O5S. The van der Waals surface area contributed by atoms with Crippen LogP contribution in [0.5, 0.6) is 0 Å². The van der Waals surface area contributed by atoms with Crippen LogP contribution in [0.3, 0.4) is 0 Å². The number of aliphatic hydroxyl groups is 2. The molecule has 2 aromatic rings. The highest BCUT2D eigenvalue weighted by molar-refractivity contribution is 7.13. The van der Waals surface area contributed by atoms with E-state index in [0.29, 0.717) is 5.56 Å². The molecule has 1 aliphatic heterocycles. The highest BCUT2D eigenvalue weighted by atomic mass is 32.1. The molecule has 3 heterocycles. The van der Waals surface area contributed by atoms with Crippen LogP contribution in [0.1, 0.15) is 12.6 Å². The van der Waals surface area contributed by atoms with Crippen LogP contribution >= 0.6 is 11.3 Å². The Morgan fingerprint density at radius 2 is 2.29 bits per heavy atom. The Labute approximate surface area is 123 Å². The lowest BCUT2D eigenvalue weighted by Gasteiger charge is -2.15. The van der Waals surface area contributed by atoms with E-state index in [4.69, 9.17) is 9.84 Å². The molecule has 0 bridgehead atoms. The Morgan fingerprint density at radius 3 is 2.90 bits per heavy atom. The molecule has 0 saturated carbocycles. The number of hydrogen-bond acceptors (Lipinski definition) is 6. The molecule has 21 heavy (non-hydrogen) atoms. The lowest BCUT2D eigenvalue weighted by molar-refractivity contribution is -0.0458. The van der Waals surface area contributed by atoms with Gasteiger partial charge in [-0.2, -0.15) is 0 Å². The van der Waals surface area contributed by atoms with Gasteiger partial charge >= 0.3 is 5.69 Å². The lowest BCUT2D eigenvalue weighted by Crippen LogP contribution is -2.33. The third-order valence-electron chi connectivity index (χ3n) is 3.45. The van der Waals surface area contributed by atoms with Crippen LogP contribution in [0.25, 0.3) is 10.4 Å². The van der Waals surface area contributed by atoms with Crippen LogP contribution in [0.15, 0.2) is 33.3 Å². The van der Waals surface area contributed by atoms with Gasteiger partial charge in [0, 0.05) is 17.5 Å². The van der Waals surface area contributed by atoms with Crippen molar-refractivity contribution in [3.63, 3.8) is 0 Å². The molecule has 3 N–H and O–H groups in total. The minimum absolute atomic E-state index is 0.182. The summed E-state index contributed by atoms with van der Waals surface area (Å²) in [5.74, 6) is 0. The number of nitrogens with zero attached hydrogens (tertiary/aromatic N) is 1.